The first-order valence-corrected chi connectivity index (χ1v) is 5.94. The predicted octanol–water partition coefficient (Wildman–Crippen LogP) is 1.68. The van der Waals surface area contributed by atoms with Crippen molar-refractivity contribution in [3.63, 3.8) is 0 Å². The third-order valence-corrected chi connectivity index (χ3v) is 2.90. The summed E-state index contributed by atoms with van der Waals surface area (Å²) < 4.78 is 30.8. The first-order chi connectivity index (χ1) is 7.75. The molecule has 0 aromatic heterocycles. The summed E-state index contributed by atoms with van der Waals surface area (Å²) in [5.74, 6) is -0.413. The molecule has 90 valence electrons. The van der Waals surface area contributed by atoms with Gasteiger partial charge < -0.3 is 5.32 Å². The standard InChI is InChI=1S/C9H9N3O4S/c1-5-8(11-6(2)13)3-7(17(14,15)16)4-9(5)12-10/h3-4H,1-2H3,(H-,11,13,14,15,16)/p+1. The van der Waals surface area contributed by atoms with Gasteiger partial charge in [-0.25, -0.2) is 0 Å². The highest BCUT2D eigenvalue weighted by molar-refractivity contribution is 7.85. The second kappa shape index (κ2) is 4.48. The van der Waals surface area contributed by atoms with Gasteiger partial charge in [-0.1, -0.05) is 0 Å². The Morgan fingerprint density at radius 2 is 2.06 bits per heavy atom. The quantitative estimate of drug-likeness (QED) is 0.617. The van der Waals surface area contributed by atoms with Gasteiger partial charge in [-0.15, -0.1) is 0 Å². The van der Waals surface area contributed by atoms with E-state index in [0.717, 1.165) is 12.1 Å². The molecule has 0 radical (unpaired) electrons. The largest absolute Gasteiger partial charge is 0.391 e. The third-order valence-electron chi connectivity index (χ3n) is 2.07. The Hall–Kier alpha value is -1.98. The fourth-order valence-electron chi connectivity index (χ4n) is 1.25. The van der Waals surface area contributed by atoms with E-state index >= 15 is 0 Å². The van der Waals surface area contributed by atoms with Gasteiger partial charge in [-0.05, 0) is 13.0 Å². The van der Waals surface area contributed by atoms with Gasteiger partial charge in [-0.3, -0.25) is 9.35 Å². The van der Waals surface area contributed by atoms with Crippen LogP contribution in [0.25, 0.3) is 4.98 Å². The second-order valence-electron chi connectivity index (χ2n) is 3.37. The first-order valence-electron chi connectivity index (χ1n) is 4.50. The third kappa shape index (κ3) is 2.99. The Bertz CT molecular complexity index is 616. The molecule has 0 aliphatic carbocycles. The van der Waals surface area contributed by atoms with Gasteiger partial charge in [0.25, 0.3) is 10.1 Å². The summed E-state index contributed by atoms with van der Waals surface area (Å²) in [4.78, 5) is 13.3. The summed E-state index contributed by atoms with van der Waals surface area (Å²) in [6, 6.07) is 2.08. The van der Waals surface area contributed by atoms with Crippen molar-refractivity contribution in [1.29, 1.82) is 5.39 Å². The Morgan fingerprint density at radius 1 is 1.47 bits per heavy atom. The fourth-order valence-corrected chi connectivity index (χ4v) is 1.77. The van der Waals surface area contributed by atoms with E-state index in [2.05, 4.69) is 10.3 Å². The maximum atomic E-state index is 11.0. The van der Waals surface area contributed by atoms with Crippen LogP contribution in [-0.4, -0.2) is 18.9 Å². The molecule has 0 spiro atoms. The molecular formula is C9H10N3O4S+. The lowest BCUT2D eigenvalue weighted by atomic mass is 10.1. The van der Waals surface area contributed by atoms with Crippen LogP contribution < -0.4 is 5.32 Å². The van der Waals surface area contributed by atoms with Crippen molar-refractivity contribution in [3.8, 4) is 0 Å². The van der Waals surface area contributed by atoms with Gasteiger partial charge in [-0.2, -0.15) is 8.42 Å². The minimum atomic E-state index is -4.43. The molecule has 0 aliphatic rings. The highest BCUT2D eigenvalue weighted by atomic mass is 32.2. The molecule has 0 saturated heterocycles. The minimum Gasteiger partial charge on any atom is -0.326 e. The lowest BCUT2D eigenvalue weighted by molar-refractivity contribution is -0.114. The number of carbonyl (C=O) groups is 1. The maximum Gasteiger partial charge on any atom is 0.391 e. The Kier molecular flexibility index (Phi) is 3.45. The number of amides is 1. The SMILES string of the molecule is CC(=O)Nc1cc(S(=O)(=O)O)cc([N+]#N)c1C. The highest BCUT2D eigenvalue weighted by Crippen LogP contribution is 2.30. The van der Waals surface area contributed by atoms with Crippen LogP contribution in [0.1, 0.15) is 12.5 Å². The molecule has 0 aliphatic heterocycles. The molecule has 0 heterocycles. The van der Waals surface area contributed by atoms with Crippen LogP contribution in [0.5, 0.6) is 0 Å². The predicted molar refractivity (Wildman–Crippen MR) is 60.0 cm³/mol. The lowest BCUT2D eigenvalue weighted by Gasteiger charge is -2.05. The van der Waals surface area contributed by atoms with Gasteiger partial charge in [0.05, 0.1) is 17.3 Å². The van der Waals surface area contributed by atoms with Crippen LogP contribution in [0.15, 0.2) is 17.0 Å². The zero-order chi connectivity index (χ0) is 13.2. The zero-order valence-corrected chi connectivity index (χ0v) is 9.95. The Balaban J connectivity index is 3.51. The van der Waals surface area contributed by atoms with Crippen molar-refractivity contribution in [1.82, 2.24) is 0 Å². The molecule has 8 heteroatoms. The first kappa shape index (κ1) is 13.1. The van der Waals surface area contributed by atoms with E-state index in [4.69, 9.17) is 9.95 Å². The minimum absolute atomic E-state index is 0.0520. The molecule has 1 aromatic carbocycles. The smallest absolute Gasteiger partial charge is 0.326 e. The van der Waals surface area contributed by atoms with Crippen molar-refractivity contribution < 1.29 is 17.8 Å². The topological polar surface area (TPSA) is 112 Å². The molecule has 0 unspecified atom stereocenters. The van der Waals surface area contributed by atoms with E-state index in [1.54, 1.807) is 0 Å². The summed E-state index contributed by atoms with van der Waals surface area (Å²) in [6.07, 6.45) is 0. The van der Waals surface area contributed by atoms with Crippen molar-refractivity contribution in [2.45, 2.75) is 18.7 Å². The fraction of sp³-hybridized carbons (Fsp3) is 0.222. The molecule has 7 nitrogen and oxygen atoms in total. The van der Waals surface area contributed by atoms with Gasteiger partial charge in [0.1, 0.15) is 4.90 Å². The number of rotatable bonds is 2. The average Bonchev–Trinajstić information content (AvgIpc) is 2.18. The zero-order valence-electron chi connectivity index (χ0n) is 9.13. The van der Waals surface area contributed by atoms with Crippen molar-refractivity contribution in [2.75, 3.05) is 5.32 Å². The summed E-state index contributed by atoms with van der Waals surface area (Å²) in [5.41, 5.74) is 0.486. The van der Waals surface area contributed by atoms with E-state index in [1.165, 1.54) is 13.8 Å². The Morgan fingerprint density at radius 3 is 2.47 bits per heavy atom. The monoisotopic (exact) mass is 256 g/mol. The molecule has 1 aromatic rings. The van der Waals surface area contributed by atoms with E-state index in [-0.39, 0.29) is 11.4 Å². The number of nitrogens with zero attached hydrogens (tertiary/aromatic N) is 2. The van der Waals surface area contributed by atoms with Crippen LogP contribution in [0.3, 0.4) is 0 Å². The summed E-state index contributed by atoms with van der Waals surface area (Å²) >= 11 is 0. The summed E-state index contributed by atoms with van der Waals surface area (Å²) in [6.45, 7) is 2.78. The maximum absolute atomic E-state index is 11.0. The number of hydrogen-bond donors (Lipinski definition) is 2. The Labute approximate surface area is 97.8 Å². The van der Waals surface area contributed by atoms with Crippen LogP contribution >= 0.6 is 0 Å². The second-order valence-corrected chi connectivity index (χ2v) is 4.79. The lowest BCUT2D eigenvalue weighted by Crippen LogP contribution is -2.08. The number of diazo groups is 1. The average molecular weight is 256 g/mol. The number of benzene rings is 1. The van der Waals surface area contributed by atoms with Crippen LogP contribution in [0, 0.1) is 12.3 Å². The van der Waals surface area contributed by atoms with E-state index in [0.29, 0.717) is 5.56 Å². The molecule has 0 saturated carbocycles. The van der Waals surface area contributed by atoms with Crippen molar-refractivity contribution >= 4 is 27.4 Å². The number of carbonyl (C=O) groups excluding carboxylic acids is 1. The number of anilines is 1. The molecule has 0 fully saturated rings. The molecule has 2 N–H and O–H groups in total. The molecule has 1 rings (SSSR count). The van der Waals surface area contributed by atoms with E-state index in [9.17, 15) is 13.2 Å². The molecule has 17 heavy (non-hydrogen) atoms. The number of hydrogen-bond acceptors (Lipinski definition) is 4. The van der Waals surface area contributed by atoms with Crippen molar-refractivity contribution in [2.24, 2.45) is 0 Å². The van der Waals surface area contributed by atoms with Gasteiger partial charge in [0, 0.05) is 6.92 Å². The van der Waals surface area contributed by atoms with Crippen LogP contribution in [0.4, 0.5) is 11.4 Å². The molecular weight excluding hydrogens is 246 g/mol. The number of nitrogens with one attached hydrogen (secondary N) is 1. The van der Waals surface area contributed by atoms with Crippen LogP contribution in [0.2, 0.25) is 0 Å². The molecule has 0 bridgehead atoms. The highest BCUT2D eigenvalue weighted by Gasteiger charge is 2.22. The van der Waals surface area contributed by atoms with Gasteiger partial charge in [0.15, 0.2) is 4.98 Å². The normalized spacial score (nSPS) is 10.7. The molecule has 1 amide bonds. The molecule has 0 atom stereocenters. The van der Waals surface area contributed by atoms with Gasteiger partial charge in [0.2, 0.25) is 11.3 Å². The van der Waals surface area contributed by atoms with Crippen molar-refractivity contribution in [3.05, 3.63) is 22.7 Å². The summed E-state index contributed by atoms with van der Waals surface area (Å²) in [5, 5.41) is 11.1. The van der Waals surface area contributed by atoms with E-state index in [1.807, 2.05) is 0 Å². The van der Waals surface area contributed by atoms with E-state index < -0.39 is 20.9 Å². The summed E-state index contributed by atoms with van der Waals surface area (Å²) in [7, 11) is -4.43. The van der Waals surface area contributed by atoms with Crippen LogP contribution in [-0.2, 0) is 14.9 Å². The van der Waals surface area contributed by atoms with Gasteiger partial charge >= 0.3 is 5.69 Å².